The van der Waals surface area contributed by atoms with Crippen LogP contribution in [0.25, 0.3) is 0 Å². The van der Waals surface area contributed by atoms with E-state index in [9.17, 15) is 9.90 Å². The summed E-state index contributed by atoms with van der Waals surface area (Å²) >= 11 is 8.25. The van der Waals surface area contributed by atoms with Crippen molar-refractivity contribution in [3.8, 4) is 0 Å². The van der Waals surface area contributed by atoms with Crippen molar-refractivity contribution in [2.24, 2.45) is 5.92 Å². The van der Waals surface area contributed by atoms with Gasteiger partial charge in [-0.25, -0.2) is 0 Å². The maximum Gasteiger partial charge on any atom is 0.255 e. The Hall–Kier alpha value is -0.330. The van der Waals surface area contributed by atoms with Crippen molar-refractivity contribution in [1.29, 1.82) is 0 Å². The number of carbonyl (C=O) groups excluding carboxylic acids is 1. The Morgan fingerprint density at radius 3 is 2.65 bits per heavy atom. The molecule has 1 saturated carbocycles. The van der Waals surface area contributed by atoms with Gasteiger partial charge in [-0.1, -0.05) is 17.7 Å². The fourth-order valence-electron chi connectivity index (χ4n) is 3.20. The molecule has 0 spiro atoms. The molecule has 1 amide bonds. The third kappa shape index (κ3) is 2.35. The van der Waals surface area contributed by atoms with Gasteiger partial charge in [-0.2, -0.15) is 0 Å². The quantitative estimate of drug-likeness (QED) is 0.783. The molecule has 0 saturated heterocycles. The molecule has 1 aromatic carbocycles. The predicted octanol–water partition coefficient (Wildman–Crippen LogP) is 3.45. The molecule has 2 aliphatic rings. The van der Waals surface area contributed by atoms with Crippen LogP contribution < -0.4 is 0 Å². The fourth-order valence-corrected chi connectivity index (χ4v) is 4.12. The second kappa shape index (κ2) is 4.85. The van der Waals surface area contributed by atoms with Gasteiger partial charge in [0.25, 0.3) is 5.91 Å². The topological polar surface area (TPSA) is 40.5 Å². The number of rotatable bonds is 3. The Labute approximate surface area is 137 Å². The SMILES string of the molecule is CC(C)(O)C(C1CC1)N1Cc2ccc(Cl)c(I)c2C1=O. The first kappa shape index (κ1) is 14.6. The van der Waals surface area contributed by atoms with Gasteiger partial charge in [0, 0.05) is 10.1 Å². The van der Waals surface area contributed by atoms with Crippen molar-refractivity contribution in [3.63, 3.8) is 0 Å². The molecular formula is C15H17ClINO2. The molecule has 3 rings (SSSR count). The van der Waals surface area contributed by atoms with Crippen LogP contribution in [-0.4, -0.2) is 27.6 Å². The predicted molar refractivity (Wildman–Crippen MR) is 86.9 cm³/mol. The molecule has 1 N–H and O–H groups in total. The van der Waals surface area contributed by atoms with Crippen molar-refractivity contribution in [3.05, 3.63) is 31.9 Å². The van der Waals surface area contributed by atoms with Crippen LogP contribution in [0.2, 0.25) is 5.02 Å². The lowest BCUT2D eigenvalue weighted by atomic mass is 9.93. The summed E-state index contributed by atoms with van der Waals surface area (Å²) in [5.41, 5.74) is 0.848. The van der Waals surface area contributed by atoms with Gasteiger partial charge in [0.15, 0.2) is 0 Å². The Kier molecular flexibility index (Phi) is 3.54. The van der Waals surface area contributed by atoms with Gasteiger partial charge in [-0.3, -0.25) is 4.79 Å². The summed E-state index contributed by atoms with van der Waals surface area (Å²) in [5.74, 6) is 0.423. The third-order valence-corrected chi connectivity index (χ3v) is 5.88. The summed E-state index contributed by atoms with van der Waals surface area (Å²) in [7, 11) is 0. The van der Waals surface area contributed by atoms with Crippen LogP contribution in [-0.2, 0) is 6.54 Å². The minimum atomic E-state index is -0.881. The van der Waals surface area contributed by atoms with Crippen LogP contribution in [0.1, 0.15) is 42.6 Å². The number of hydrogen-bond acceptors (Lipinski definition) is 2. The van der Waals surface area contributed by atoms with E-state index in [1.807, 2.05) is 17.0 Å². The number of carbonyl (C=O) groups is 1. The molecular weight excluding hydrogens is 389 g/mol. The molecule has 108 valence electrons. The average Bonchev–Trinajstić information content (AvgIpc) is 3.09. The second-order valence-electron chi connectivity index (χ2n) is 6.26. The van der Waals surface area contributed by atoms with E-state index < -0.39 is 5.60 Å². The van der Waals surface area contributed by atoms with Crippen molar-refractivity contribution in [1.82, 2.24) is 4.90 Å². The molecule has 1 atom stereocenters. The average molecular weight is 406 g/mol. The smallest absolute Gasteiger partial charge is 0.255 e. The van der Waals surface area contributed by atoms with Gasteiger partial charge < -0.3 is 10.0 Å². The summed E-state index contributed by atoms with van der Waals surface area (Å²) in [6.07, 6.45) is 2.18. The Balaban J connectivity index is 1.99. The third-order valence-electron chi connectivity index (χ3n) is 4.12. The van der Waals surface area contributed by atoms with E-state index in [4.69, 9.17) is 11.6 Å². The zero-order valence-corrected chi connectivity index (χ0v) is 14.4. The molecule has 3 nitrogen and oxygen atoms in total. The summed E-state index contributed by atoms with van der Waals surface area (Å²) < 4.78 is 0.819. The van der Waals surface area contributed by atoms with Crippen LogP contribution in [0.4, 0.5) is 0 Å². The summed E-state index contributed by atoms with van der Waals surface area (Å²) in [4.78, 5) is 14.6. The number of hydrogen-bond donors (Lipinski definition) is 1. The summed E-state index contributed by atoms with van der Waals surface area (Å²) in [6.45, 7) is 4.17. The molecule has 1 aliphatic heterocycles. The van der Waals surface area contributed by atoms with E-state index in [1.54, 1.807) is 13.8 Å². The number of halogens is 2. The summed E-state index contributed by atoms with van der Waals surface area (Å²) in [5, 5.41) is 11.1. The highest BCUT2D eigenvalue weighted by Gasteiger charge is 2.48. The lowest BCUT2D eigenvalue weighted by Crippen LogP contribution is -2.51. The maximum atomic E-state index is 12.7. The van der Waals surface area contributed by atoms with Crippen LogP contribution in [0.15, 0.2) is 12.1 Å². The second-order valence-corrected chi connectivity index (χ2v) is 7.75. The van der Waals surface area contributed by atoms with Crippen molar-refractivity contribution in [2.45, 2.75) is 44.9 Å². The minimum Gasteiger partial charge on any atom is -0.388 e. The largest absolute Gasteiger partial charge is 0.388 e. The zero-order valence-electron chi connectivity index (χ0n) is 11.5. The van der Waals surface area contributed by atoms with Crippen molar-refractivity contribution in [2.75, 3.05) is 0 Å². The highest BCUT2D eigenvalue weighted by Crippen LogP contribution is 2.43. The molecule has 0 radical (unpaired) electrons. The fraction of sp³-hybridized carbons (Fsp3) is 0.533. The monoisotopic (exact) mass is 405 g/mol. The van der Waals surface area contributed by atoms with E-state index in [2.05, 4.69) is 22.6 Å². The zero-order chi connectivity index (χ0) is 14.7. The molecule has 0 bridgehead atoms. The van der Waals surface area contributed by atoms with E-state index in [-0.39, 0.29) is 11.9 Å². The first-order valence-electron chi connectivity index (χ1n) is 6.81. The van der Waals surface area contributed by atoms with Crippen molar-refractivity contribution >= 4 is 40.1 Å². The van der Waals surface area contributed by atoms with Gasteiger partial charge in [0.2, 0.25) is 0 Å². The molecule has 5 heteroatoms. The van der Waals surface area contributed by atoms with Crippen LogP contribution in [0, 0.1) is 9.49 Å². The lowest BCUT2D eigenvalue weighted by Gasteiger charge is -2.37. The number of aliphatic hydroxyl groups is 1. The number of nitrogens with zero attached hydrogens (tertiary/aromatic N) is 1. The van der Waals surface area contributed by atoms with Gasteiger partial charge in [-0.05, 0) is 66.8 Å². The molecule has 20 heavy (non-hydrogen) atoms. The highest BCUT2D eigenvalue weighted by molar-refractivity contribution is 14.1. The Morgan fingerprint density at radius 1 is 1.45 bits per heavy atom. The van der Waals surface area contributed by atoms with Crippen LogP contribution in [0.5, 0.6) is 0 Å². The highest BCUT2D eigenvalue weighted by atomic mass is 127. The number of benzene rings is 1. The number of amides is 1. The van der Waals surface area contributed by atoms with Gasteiger partial charge in [0.1, 0.15) is 0 Å². The standard InChI is InChI=1S/C15H17ClINO2/c1-15(2,20)13(8-3-4-8)18-7-9-5-6-10(16)12(17)11(9)14(18)19/h5-6,8,13,20H,3-4,7H2,1-2H3. The van der Waals surface area contributed by atoms with Crippen LogP contribution in [0.3, 0.4) is 0 Å². The Morgan fingerprint density at radius 2 is 2.10 bits per heavy atom. The molecule has 0 aromatic heterocycles. The molecule has 1 fully saturated rings. The molecule has 1 heterocycles. The minimum absolute atomic E-state index is 0.00549. The van der Waals surface area contributed by atoms with Gasteiger partial charge in [0.05, 0.1) is 22.2 Å². The van der Waals surface area contributed by atoms with E-state index >= 15 is 0 Å². The van der Waals surface area contributed by atoms with E-state index in [1.165, 1.54) is 0 Å². The summed E-state index contributed by atoms with van der Waals surface area (Å²) in [6, 6.07) is 3.65. The first-order valence-corrected chi connectivity index (χ1v) is 8.26. The normalized spacial score (nSPS) is 20.2. The Bertz CT molecular complexity index is 578. The molecule has 1 aliphatic carbocycles. The van der Waals surface area contributed by atoms with Crippen molar-refractivity contribution < 1.29 is 9.90 Å². The van der Waals surface area contributed by atoms with Gasteiger partial charge in [-0.15, -0.1) is 0 Å². The lowest BCUT2D eigenvalue weighted by molar-refractivity contribution is -0.0224. The number of fused-ring (bicyclic) bond motifs is 1. The first-order chi connectivity index (χ1) is 9.30. The molecule has 1 aromatic rings. The van der Waals surface area contributed by atoms with E-state index in [0.29, 0.717) is 23.0 Å². The van der Waals surface area contributed by atoms with Crippen LogP contribution >= 0.6 is 34.2 Å². The van der Waals surface area contributed by atoms with E-state index in [0.717, 1.165) is 22.0 Å². The van der Waals surface area contributed by atoms with Gasteiger partial charge >= 0.3 is 0 Å². The maximum absolute atomic E-state index is 12.7. The molecule has 1 unspecified atom stereocenters.